The molecular formula is C12H9NO2. The fraction of sp³-hybridized carbons (Fsp3) is 0.333. The molecule has 0 bridgehead atoms. The predicted octanol–water partition coefficient (Wildman–Crippen LogP) is 1.79. The number of ether oxygens (including phenoxy) is 1. The Morgan fingerprint density at radius 1 is 1.47 bits per heavy atom. The molecular weight excluding hydrogens is 190 g/mol. The minimum absolute atomic E-state index is 0.0795. The van der Waals surface area contributed by atoms with Gasteiger partial charge >= 0.3 is 0 Å². The molecule has 1 aromatic carbocycles. The van der Waals surface area contributed by atoms with Crippen molar-refractivity contribution >= 4 is 5.78 Å². The monoisotopic (exact) mass is 199 g/mol. The van der Waals surface area contributed by atoms with Crippen LogP contribution in [0.3, 0.4) is 0 Å². The van der Waals surface area contributed by atoms with Crippen LogP contribution in [0.15, 0.2) is 24.3 Å². The second kappa shape index (κ2) is 2.60. The topological polar surface area (TPSA) is 50.1 Å². The third-order valence-corrected chi connectivity index (χ3v) is 3.30. The number of hydrogen-bond acceptors (Lipinski definition) is 3. The first-order valence-corrected chi connectivity index (χ1v) is 4.94. The zero-order valence-corrected chi connectivity index (χ0v) is 8.06. The Morgan fingerprint density at radius 3 is 3.00 bits per heavy atom. The van der Waals surface area contributed by atoms with Crippen LogP contribution >= 0.6 is 0 Å². The Morgan fingerprint density at radius 2 is 2.27 bits per heavy atom. The summed E-state index contributed by atoms with van der Waals surface area (Å²) in [5, 5.41) is 8.83. The van der Waals surface area contributed by atoms with Crippen molar-refractivity contribution in [2.45, 2.75) is 6.42 Å². The first-order valence-electron chi connectivity index (χ1n) is 4.94. The van der Waals surface area contributed by atoms with Gasteiger partial charge in [0, 0.05) is 0 Å². The largest absolute Gasteiger partial charge is 0.492 e. The number of carbonyl (C=O) groups is 1. The van der Waals surface area contributed by atoms with Crippen LogP contribution in [0.5, 0.6) is 5.75 Å². The van der Waals surface area contributed by atoms with Crippen molar-refractivity contribution in [3.05, 3.63) is 29.8 Å². The molecule has 0 saturated heterocycles. The fourth-order valence-corrected chi connectivity index (χ4v) is 2.21. The minimum atomic E-state index is -0.525. The van der Waals surface area contributed by atoms with Gasteiger partial charge in [0.05, 0.1) is 23.0 Å². The number of benzene rings is 1. The molecule has 3 heteroatoms. The van der Waals surface area contributed by atoms with Crippen molar-refractivity contribution in [2.75, 3.05) is 6.61 Å². The molecule has 0 amide bonds. The highest BCUT2D eigenvalue weighted by Crippen LogP contribution is 2.56. The third-order valence-electron chi connectivity index (χ3n) is 3.30. The lowest BCUT2D eigenvalue weighted by molar-refractivity contribution is 0.0786. The number of hydrogen-bond donors (Lipinski definition) is 0. The van der Waals surface area contributed by atoms with Gasteiger partial charge in [-0.05, 0) is 18.6 Å². The average Bonchev–Trinajstić information content (AvgIpc) is 2.99. The van der Waals surface area contributed by atoms with Crippen molar-refractivity contribution in [1.29, 1.82) is 5.26 Å². The summed E-state index contributed by atoms with van der Waals surface area (Å²) in [5.74, 6) is 0.575. The molecule has 0 aromatic heterocycles. The van der Waals surface area contributed by atoms with E-state index in [1.807, 2.05) is 12.1 Å². The molecule has 1 aliphatic carbocycles. The molecule has 1 aliphatic heterocycles. The molecule has 2 aliphatic rings. The van der Waals surface area contributed by atoms with Gasteiger partial charge in [-0.25, -0.2) is 0 Å². The Labute approximate surface area is 87.3 Å². The molecule has 1 aromatic rings. The van der Waals surface area contributed by atoms with Crippen molar-refractivity contribution in [2.24, 2.45) is 11.3 Å². The Bertz CT molecular complexity index is 489. The molecule has 3 rings (SSSR count). The van der Waals surface area contributed by atoms with E-state index in [1.54, 1.807) is 12.1 Å². The van der Waals surface area contributed by atoms with Crippen LogP contribution in [0, 0.1) is 22.7 Å². The van der Waals surface area contributed by atoms with Crippen molar-refractivity contribution < 1.29 is 9.53 Å². The van der Waals surface area contributed by atoms with Crippen molar-refractivity contribution in [1.82, 2.24) is 0 Å². The highest BCUT2D eigenvalue weighted by atomic mass is 16.5. The smallest absolute Gasteiger partial charge is 0.177 e. The molecule has 74 valence electrons. The summed E-state index contributed by atoms with van der Waals surface area (Å²) in [4.78, 5) is 12.1. The lowest BCUT2D eigenvalue weighted by Gasteiger charge is -2.23. The Balaban J connectivity index is 2.05. The van der Waals surface area contributed by atoms with Gasteiger partial charge in [-0.2, -0.15) is 5.26 Å². The van der Waals surface area contributed by atoms with Gasteiger partial charge in [-0.1, -0.05) is 12.1 Å². The summed E-state index contributed by atoms with van der Waals surface area (Å²) >= 11 is 0. The lowest BCUT2D eigenvalue weighted by atomic mass is 9.90. The van der Waals surface area contributed by atoms with Crippen LogP contribution in [0.4, 0.5) is 0 Å². The molecule has 1 saturated carbocycles. The van der Waals surface area contributed by atoms with Gasteiger partial charge in [0.25, 0.3) is 0 Å². The highest BCUT2D eigenvalue weighted by molar-refractivity contribution is 6.06. The minimum Gasteiger partial charge on any atom is -0.492 e. The molecule has 15 heavy (non-hydrogen) atoms. The first kappa shape index (κ1) is 8.49. The van der Waals surface area contributed by atoms with E-state index in [4.69, 9.17) is 10.00 Å². The molecule has 0 unspecified atom stereocenters. The van der Waals surface area contributed by atoms with Gasteiger partial charge < -0.3 is 4.74 Å². The zero-order valence-electron chi connectivity index (χ0n) is 8.06. The standard InChI is InChI=1S/C12H9NO2/c13-6-8-5-12(8)7-15-10-4-2-1-3-9(10)11(12)14/h1-4,8H,5,7H2/t8-,12+/m1/s1. The Hall–Kier alpha value is -1.82. The SMILES string of the molecule is N#C[C@H]1C[C@]12COc1ccccc1C2=O. The summed E-state index contributed by atoms with van der Waals surface area (Å²) in [6.45, 7) is 0.362. The van der Waals surface area contributed by atoms with E-state index in [0.29, 0.717) is 24.3 Å². The van der Waals surface area contributed by atoms with Crippen LogP contribution in [-0.2, 0) is 0 Å². The van der Waals surface area contributed by atoms with Gasteiger partial charge in [-0.15, -0.1) is 0 Å². The van der Waals surface area contributed by atoms with Crippen LogP contribution in [0.2, 0.25) is 0 Å². The second-order valence-electron chi connectivity index (χ2n) is 4.16. The highest BCUT2D eigenvalue weighted by Gasteiger charge is 2.63. The lowest BCUT2D eigenvalue weighted by Crippen LogP contribution is -2.31. The number of carbonyl (C=O) groups excluding carboxylic acids is 1. The van der Waals surface area contributed by atoms with Gasteiger partial charge in [-0.3, -0.25) is 4.79 Å². The first-order chi connectivity index (χ1) is 7.28. The number of rotatable bonds is 0. The molecule has 2 atom stereocenters. The predicted molar refractivity (Wildman–Crippen MR) is 52.4 cm³/mol. The number of nitrogens with zero attached hydrogens (tertiary/aromatic N) is 1. The summed E-state index contributed by atoms with van der Waals surface area (Å²) in [5.41, 5.74) is 0.102. The third kappa shape index (κ3) is 0.964. The van der Waals surface area contributed by atoms with Gasteiger partial charge in [0.15, 0.2) is 5.78 Å². The summed E-state index contributed by atoms with van der Waals surface area (Å²) < 4.78 is 5.53. The van der Waals surface area contributed by atoms with E-state index in [2.05, 4.69) is 6.07 Å². The second-order valence-corrected chi connectivity index (χ2v) is 4.16. The van der Waals surface area contributed by atoms with Crippen molar-refractivity contribution in [3.8, 4) is 11.8 Å². The molecule has 0 N–H and O–H groups in total. The van der Waals surface area contributed by atoms with E-state index < -0.39 is 5.41 Å². The molecule has 3 nitrogen and oxygen atoms in total. The zero-order chi connectivity index (χ0) is 10.5. The van der Waals surface area contributed by atoms with E-state index in [9.17, 15) is 4.79 Å². The van der Waals surface area contributed by atoms with Crippen molar-refractivity contribution in [3.63, 3.8) is 0 Å². The summed E-state index contributed by atoms with van der Waals surface area (Å²) in [6.07, 6.45) is 0.649. The van der Waals surface area contributed by atoms with E-state index in [-0.39, 0.29) is 11.7 Å². The number of fused-ring (bicyclic) bond motifs is 1. The van der Waals surface area contributed by atoms with Crippen LogP contribution in [0.25, 0.3) is 0 Å². The Kier molecular flexibility index (Phi) is 1.47. The quantitative estimate of drug-likeness (QED) is 0.640. The van der Waals surface area contributed by atoms with E-state index in [0.717, 1.165) is 0 Å². The van der Waals surface area contributed by atoms with E-state index in [1.165, 1.54) is 0 Å². The van der Waals surface area contributed by atoms with Crippen LogP contribution < -0.4 is 4.74 Å². The molecule has 1 spiro atoms. The normalized spacial score (nSPS) is 31.7. The van der Waals surface area contributed by atoms with E-state index >= 15 is 0 Å². The number of ketones is 1. The maximum absolute atomic E-state index is 12.1. The molecule has 0 radical (unpaired) electrons. The van der Waals surface area contributed by atoms with Gasteiger partial charge in [0.2, 0.25) is 0 Å². The molecule has 1 heterocycles. The van der Waals surface area contributed by atoms with Gasteiger partial charge in [0.1, 0.15) is 12.4 Å². The number of Topliss-reactive ketones (excluding diaryl/α,β-unsaturated/α-hetero) is 1. The summed E-state index contributed by atoms with van der Waals surface area (Å²) in [7, 11) is 0. The average molecular weight is 199 g/mol. The summed E-state index contributed by atoms with van der Waals surface area (Å²) in [6, 6.07) is 9.39. The van der Waals surface area contributed by atoms with Crippen LogP contribution in [0.1, 0.15) is 16.8 Å². The maximum Gasteiger partial charge on any atom is 0.177 e. The maximum atomic E-state index is 12.1. The fourth-order valence-electron chi connectivity index (χ4n) is 2.21. The number of para-hydroxylation sites is 1. The number of nitriles is 1. The van der Waals surface area contributed by atoms with Crippen LogP contribution in [-0.4, -0.2) is 12.4 Å². The molecule has 1 fully saturated rings.